The molecular weight excluding hydrogens is 434 g/mol. The van der Waals surface area contributed by atoms with E-state index in [1.54, 1.807) is 6.07 Å². The number of nitrogens with one attached hydrogen (secondary N) is 1. The lowest BCUT2D eigenvalue weighted by molar-refractivity contribution is 0.592. The second kappa shape index (κ2) is 5.90. The van der Waals surface area contributed by atoms with Crippen LogP contribution in [0.5, 0.6) is 0 Å². The standard InChI is InChI=1S/C12H8Br2F2N2O2S/c13-6-1-2-10(17)12(3-6)21(19,20)18-11-5-8(15)7(14)4-9(11)16/h1-5,18H,17H2. The van der Waals surface area contributed by atoms with Gasteiger partial charge in [-0.25, -0.2) is 17.2 Å². The number of nitrogens with two attached hydrogens (primary N) is 1. The minimum absolute atomic E-state index is 0.0105. The molecule has 0 aromatic heterocycles. The predicted molar refractivity (Wildman–Crippen MR) is 83.4 cm³/mol. The average molecular weight is 442 g/mol. The fourth-order valence-electron chi connectivity index (χ4n) is 1.54. The van der Waals surface area contributed by atoms with Gasteiger partial charge in [-0.15, -0.1) is 0 Å². The third-order valence-electron chi connectivity index (χ3n) is 2.52. The lowest BCUT2D eigenvalue weighted by atomic mass is 10.3. The molecule has 0 unspecified atom stereocenters. The van der Waals surface area contributed by atoms with Crippen molar-refractivity contribution in [2.24, 2.45) is 0 Å². The molecule has 0 atom stereocenters. The molecule has 0 fully saturated rings. The topological polar surface area (TPSA) is 72.2 Å². The van der Waals surface area contributed by atoms with Crippen molar-refractivity contribution in [2.75, 3.05) is 10.5 Å². The van der Waals surface area contributed by atoms with Gasteiger partial charge < -0.3 is 5.73 Å². The molecule has 21 heavy (non-hydrogen) atoms. The van der Waals surface area contributed by atoms with E-state index in [-0.39, 0.29) is 15.1 Å². The van der Waals surface area contributed by atoms with Gasteiger partial charge in [0.25, 0.3) is 10.0 Å². The van der Waals surface area contributed by atoms with Gasteiger partial charge in [0.1, 0.15) is 16.5 Å². The fraction of sp³-hybridized carbons (Fsp3) is 0. The van der Waals surface area contributed by atoms with Crippen LogP contribution >= 0.6 is 31.9 Å². The summed E-state index contributed by atoms with van der Waals surface area (Å²) < 4.78 is 53.9. The van der Waals surface area contributed by atoms with Gasteiger partial charge in [-0.1, -0.05) is 15.9 Å². The summed E-state index contributed by atoms with van der Waals surface area (Å²) in [4.78, 5) is -0.236. The van der Waals surface area contributed by atoms with Gasteiger partial charge in [-0.3, -0.25) is 4.72 Å². The van der Waals surface area contributed by atoms with Crippen LogP contribution in [0.25, 0.3) is 0 Å². The van der Waals surface area contributed by atoms with E-state index in [9.17, 15) is 17.2 Å². The highest BCUT2D eigenvalue weighted by atomic mass is 79.9. The van der Waals surface area contributed by atoms with Gasteiger partial charge in [0.15, 0.2) is 0 Å². The van der Waals surface area contributed by atoms with E-state index in [1.807, 2.05) is 4.72 Å². The van der Waals surface area contributed by atoms with Crippen LogP contribution in [0.2, 0.25) is 0 Å². The third-order valence-corrected chi connectivity index (χ3v) is 5.04. The summed E-state index contributed by atoms with van der Waals surface area (Å²) in [6.07, 6.45) is 0. The Bertz CT molecular complexity index is 813. The van der Waals surface area contributed by atoms with Crippen molar-refractivity contribution in [3.8, 4) is 0 Å². The summed E-state index contributed by atoms with van der Waals surface area (Å²) in [6.45, 7) is 0. The zero-order valence-electron chi connectivity index (χ0n) is 10.2. The predicted octanol–water partition coefficient (Wildman–Crippen LogP) is 3.87. The number of nitrogen functional groups attached to an aromatic ring is 1. The maximum absolute atomic E-state index is 13.7. The van der Waals surface area contributed by atoms with Gasteiger partial charge in [0.2, 0.25) is 0 Å². The van der Waals surface area contributed by atoms with E-state index in [1.165, 1.54) is 12.1 Å². The molecule has 2 rings (SSSR count). The molecular formula is C12H8Br2F2N2O2S. The van der Waals surface area contributed by atoms with Crippen LogP contribution in [0.15, 0.2) is 44.2 Å². The van der Waals surface area contributed by atoms with E-state index in [4.69, 9.17) is 5.73 Å². The summed E-state index contributed by atoms with van der Waals surface area (Å²) >= 11 is 5.93. The number of anilines is 2. The van der Waals surface area contributed by atoms with Crippen LogP contribution in [-0.4, -0.2) is 8.42 Å². The van der Waals surface area contributed by atoms with Crippen molar-refractivity contribution in [1.82, 2.24) is 0 Å². The maximum Gasteiger partial charge on any atom is 0.264 e. The molecule has 2 aromatic rings. The first kappa shape index (κ1) is 16.2. The molecule has 0 radical (unpaired) electrons. The van der Waals surface area contributed by atoms with Gasteiger partial charge in [-0.2, -0.15) is 0 Å². The van der Waals surface area contributed by atoms with Crippen molar-refractivity contribution in [2.45, 2.75) is 4.90 Å². The Labute approximate surface area is 136 Å². The van der Waals surface area contributed by atoms with Crippen LogP contribution < -0.4 is 10.5 Å². The molecule has 112 valence electrons. The zero-order chi connectivity index (χ0) is 15.8. The van der Waals surface area contributed by atoms with Crippen LogP contribution in [-0.2, 0) is 10.0 Å². The number of rotatable bonds is 3. The normalized spacial score (nSPS) is 11.4. The maximum atomic E-state index is 13.7. The highest BCUT2D eigenvalue weighted by molar-refractivity contribution is 9.10. The first-order chi connectivity index (χ1) is 9.70. The Kier molecular flexibility index (Phi) is 4.54. The highest BCUT2D eigenvalue weighted by Gasteiger charge is 2.20. The second-order valence-corrected chi connectivity index (χ2v) is 7.45. The average Bonchev–Trinajstić information content (AvgIpc) is 2.38. The monoisotopic (exact) mass is 440 g/mol. The minimum atomic E-state index is -4.15. The van der Waals surface area contributed by atoms with Gasteiger partial charge in [0.05, 0.1) is 15.8 Å². The molecule has 0 saturated heterocycles. The smallest absolute Gasteiger partial charge is 0.264 e. The van der Waals surface area contributed by atoms with E-state index >= 15 is 0 Å². The van der Waals surface area contributed by atoms with Crippen molar-refractivity contribution in [3.63, 3.8) is 0 Å². The molecule has 0 aliphatic carbocycles. The summed E-state index contributed by atoms with van der Waals surface area (Å²) in [7, 11) is -4.15. The molecule has 0 bridgehead atoms. The van der Waals surface area contributed by atoms with Crippen molar-refractivity contribution in [3.05, 3.63) is 50.9 Å². The molecule has 0 saturated carbocycles. The van der Waals surface area contributed by atoms with E-state index < -0.39 is 27.3 Å². The number of hydrogen-bond acceptors (Lipinski definition) is 3. The Hall–Kier alpha value is -1.19. The molecule has 9 heteroatoms. The van der Waals surface area contributed by atoms with Crippen LogP contribution in [0.4, 0.5) is 20.2 Å². The Morgan fingerprint density at radius 2 is 1.71 bits per heavy atom. The van der Waals surface area contributed by atoms with Crippen LogP contribution in [0.3, 0.4) is 0 Å². The van der Waals surface area contributed by atoms with Crippen LogP contribution in [0, 0.1) is 11.6 Å². The van der Waals surface area contributed by atoms with Crippen LogP contribution in [0.1, 0.15) is 0 Å². The van der Waals surface area contributed by atoms with Crippen molar-refractivity contribution >= 4 is 53.3 Å². The summed E-state index contributed by atoms with van der Waals surface area (Å²) in [5.74, 6) is -1.71. The Balaban J connectivity index is 2.47. The van der Waals surface area contributed by atoms with Gasteiger partial charge in [0, 0.05) is 10.5 Å². The number of sulfonamides is 1. The SMILES string of the molecule is Nc1ccc(Br)cc1S(=O)(=O)Nc1cc(F)c(Br)cc1F. The van der Waals surface area contributed by atoms with E-state index in [0.717, 1.165) is 12.1 Å². The van der Waals surface area contributed by atoms with E-state index in [0.29, 0.717) is 4.47 Å². The van der Waals surface area contributed by atoms with Gasteiger partial charge >= 0.3 is 0 Å². The number of halogens is 4. The first-order valence-electron chi connectivity index (χ1n) is 5.43. The fourth-order valence-corrected chi connectivity index (χ4v) is 3.59. The minimum Gasteiger partial charge on any atom is -0.398 e. The molecule has 2 aromatic carbocycles. The molecule has 0 amide bonds. The number of benzene rings is 2. The molecule has 4 nitrogen and oxygen atoms in total. The summed E-state index contributed by atoms with van der Waals surface area (Å²) in [5, 5.41) is 0. The molecule has 0 spiro atoms. The summed E-state index contributed by atoms with van der Waals surface area (Å²) in [5.41, 5.74) is 5.09. The van der Waals surface area contributed by atoms with Crippen molar-refractivity contribution < 1.29 is 17.2 Å². The lowest BCUT2D eigenvalue weighted by Crippen LogP contribution is -2.16. The lowest BCUT2D eigenvalue weighted by Gasteiger charge is -2.11. The molecule has 0 aliphatic rings. The van der Waals surface area contributed by atoms with E-state index in [2.05, 4.69) is 31.9 Å². The largest absolute Gasteiger partial charge is 0.398 e. The van der Waals surface area contributed by atoms with Gasteiger partial charge in [-0.05, 0) is 40.2 Å². The quantitative estimate of drug-likeness (QED) is 0.560. The van der Waals surface area contributed by atoms with Crippen molar-refractivity contribution in [1.29, 1.82) is 0 Å². The highest BCUT2D eigenvalue weighted by Crippen LogP contribution is 2.28. The first-order valence-corrected chi connectivity index (χ1v) is 8.50. The third kappa shape index (κ3) is 3.53. The molecule has 0 heterocycles. The second-order valence-electron chi connectivity index (χ2n) is 4.03. The molecule has 0 aliphatic heterocycles. The Morgan fingerprint density at radius 3 is 2.38 bits per heavy atom. The summed E-state index contributed by atoms with van der Waals surface area (Å²) in [6, 6.07) is 5.79. The Morgan fingerprint density at radius 1 is 1.05 bits per heavy atom. The zero-order valence-corrected chi connectivity index (χ0v) is 14.2. The molecule has 3 N–H and O–H groups in total. The number of hydrogen-bond donors (Lipinski definition) is 2.